The van der Waals surface area contributed by atoms with Gasteiger partial charge in [-0.25, -0.2) is 9.59 Å². The molecule has 1 aliphatic carbocycles. The lowest BCUT2D eigenvalue weighted by Gasteiger charge is -2.27. The van der Waals surface area contributed by atoms with Crippen molar-refractivity contribution in [1.82, 2.24) is 5.32 Å². The number of carboxylic acid groups (broad SMARTS) is 2. The van der Waals surface area contributed by atoms with Gasteiger partial charge in [0.2, 0.25) is 0 Å². The maximum atomic E-state index is 9.55. The van der Waals surface area contributed by atoms with Crippen LogP contribution in [0.15, 0.2) is 47.0 Å². The number of aliphatic imine (C=N–C) groups is 1. The average Bonchev–Trinajstić information content (AvgIpc) is 2.99. The van der Waals surface area contributed by atoms with Crippen molar-refractivity contribution < 1.29 is 19.8 Å². The van der Waals surface area contributed by atoms with Crippen molar-refractivity contribution in [3.63, 3.8) is 0 Å². The normalized spacial score (nSPS) is 20.9. The van der Waals surface area contributed by atoms with Crippen LogP contribution in [0, 0.1) is 0 Å². The number of hydrogen-bond acceptors (Lipinski definition) is 4. The number of carboxylic acids is 2. The Balaban J connectivity index is 0.000000242. The first kappa shape index (κ1) is 18.4. The first-order valence-corrected chi connectivity index (χ1v) is 8.05. The van der Waals surface area contributed by atoms with Gasteiger partial charge in [0.1, 0.15) is 0 Å². The van der Waals surface area contributed by atoms with Crippen LogP contribution in [-0.2, 0) is 16.0 Å². The van der Waals surface area contributed by atoms with E-state index in [9.17, 15) is 9.59 Å². The van der Waals surface area contributed by atoms with Crippen LogP contribution in [0.5, 0.6) is 0 Å². The number of nitrogens with zero attached hydrogens (tertiary/aromatic N) is 1. The molecule has 132 valence electrons. The van der Waals surface area contributed by atoms with Crippen molar-refractivity contribution >= 4 is 24.4 Å². The summed E-state index contributed by atoms with van der Waals surface area (Å²) in [5.74, 6) is -2.51. The Hall–Kier alpha value is -2.89. The highest BCUT2D eigenvalue weighted by atomic mass is 16.4. The van der Waals surface area contributed by atoms with Crippen LogP contribution in [0.2, 0.25) is 0 Å². The molecule has 6 heteroatoms. The maximum absolute atomic E-state index is 9.55. The predicted octanol–water partition coefficient (Wildman–Crippen LogP) is 2.51. The molecule has 0 amide bonds. The van der Waals surface area contributed by atoms with Crippen molar-refractivity contribution in [2.24, 2.45) is 4.99 Å². The Morgan fingerprint density at radius 1 is 1.20 bits per heavy atom. The van der Waals surface area contributed by atoms with E-state index in [-0.39, 0.29) is 5.54 Å². The fourth-order valence-corrected chi connectivity index (χ4v) is 2.87. The van der Waals surface area contributed by atoms with Gasteiger partial charge in [0, 0.05) is 12.2 Å². The standard InChI is InChI=1S/C15H18N2.C4H4O4/c1-15(10-16-11-17-15)9-12-6-7-13-4-2-3-5-14(13)8-12;5-3(6)1-2-4(7)8/h2-5,8,11H,6-7,9-10H2,1H3,(H,16,17);1-2H,(H,5,6)(H,7,8). The summed E-state index contributed by atoms with van der Waals surface area (Å²) < 4.78 is 0. The Labute approximate surface area is 146 Å². The van der Waals surface area contributed by atoms with Crippen LogP contribution < -0.4 is 5.32 Å². The minimum atomic E-state index is -1.26. The van der Waals surface area contributed by atoms with Gasteiger partial charge in [-0.05, 0) is 37.3 Å². The first-order chi connectivity index (χ1) is 11.9. The van der Waals surface area contributed by atoms with Gasteiger partial charge in [-0.1, -0.05) is 35.9 Å². The van der Waals surface area contributed by atoms with E-state index in [2.05, 4.69) is 47.6 Å². The zero-order valence-electron chi connectivity index (χ0n) is 14.1. The van der Waals surface area contributed by atoms with Gasteiger partial charge >= 0.3 is 11.9 Å². The van der Waals surface area contributed by atoms with Crippen molar-refractivity contribution in [3.05, 3.63) is 53.1 Å². The van der Waals surface area contributed by atoms with Crippen molar-refractivity contribution in [1.29, 1.82) is 0 Å². The molecule has 1 aromatic rings. The molecule has 3 N–H and O–H groups in total. The molecule has 1 aromatic carbocycles. The molecule has 3 rings (SSSR count). The van der Waals surface area contributed by atoms with Crippen LogP contribution in [0.1, 0.15) is 30.9 Å². The maximum Gasteiger partial charge on any atom is 0.328 e. The molecule has 1 atom stereocenters. The summed E-state index contributed by atoms with van der Waals surface area (Å²) in [6, 6.07) is 8.71. The quantitative estimate of drug-likeness (QED) is 0.730. The Morgan fingerprint density at radius 2 is 1.88 bits per heavy atom. The van der Waals surface area contributed by atoms with Crippen LogP contribution in [0.3, 0.4) is 0 Å². The Morgan fingerprint density at radius 3 is 2.48 bits per heavy atom. The molecule has 0 radical (unpaired) electrons. The molecular formula is C19H22N2O4. The van der Waals surface area contributed by atoms with E-state index < -0.39 is 11.9 Å². The van der Waals surface area contributed by atoms with Crippen molar-refractivity contribution in [2.75, 3.05) is 6.54 Å². The second kappa shape index (κ2) is 8.28. The van der Waals surface area contributed by atoms with E-state index >= 15 is 0 Å². The van der Waals surface area contributed by atoms with Gasteiger partial charge in [-0.15, -0.1) is 0 Å². The predicted molar refractivity (Wildman–Crippen MR) is 96.7 cm³/mol. The van der Waals surface area contributed by atoms with Crippen LogP contribution in [-0.4, -0.2) is 40.6 Å². The topological polar surface area (TPSA) is 99.0 Å². The van der Waals surface area contributed by atoms with Crippen molar-refractivity contribution in [3.8, 4) is 0 Å². The lowest BCUT2D eigenvalue weighted by atomic mass is 9.85. The van der Waals surface area contributed by atoms with Crippen LogP contribution >= 0.6 is 0 Å². The zero-order chi connectivity index (χ0) is 18.3. The third kappa shape index (κ3) is 5.91. The molecule has 0 spiro atoms. The van der Waals surface area contributed by atoms with Gasteiger partial charge in [0.25, 0.3) is 0 Å². The summed E-state index contributed by atoms with van der Waals surface area (Å²) in [5, 5.41) is 19.0. The monoisotopic (exact) mass is 342 g/mol. The fraction of sp³-hybridized carbons (Fsp3) is 0.316. The summed E-state index contributed by atoms with van der Waals surface area (Å²) in [4.78, 5) is 23.4. The van der Waals surface area contributed by atoms with Gasteiger partial charge in [-0.2, -0.15) is 0 Å². The number of hydrogen-bond donors (Lipinski definition) is 3. The zero-order valence-corrected chi connectivity index (χ0v) is 14.1. The van der Waals surface area contributed by atoms with E-state index in [4.69, 9.17) is 10.2 Å². The highest BCUT2D eigenvalue weighted by Crippen LogP contribution is 2.29. The average molecular weight is 342 g/mol. The van der Waals surface area contributed by atoms with E-state index in [0.717, 1.165) is 13.0 Å². The van der Waals surface area contributed by atoms with E-state index in [1.165, 1.54) is 24.0 Å². The third-order valence-electron chi connectivity index (χ3n) is 4.06. The second-order valence-corrected chi connectivity index (χ2v) is 6.36. The van der Waals surface area contributed by atoms with Gasteiger partial charge < -0.3 is 15.5 Å². The highest BCUT2D eigenvalue weighted by Gasteiger charge is 2.27. The fourth-order valence-electron chi connectivity index (χ4n) is 2.87. The number of aryl methyl sites for hydroxylation is 1. The minimum Gasteiger partial charge on any atom is -0.478 e. The number of carbonyl (C=O) groups is 2. The summed E-state index contributed by atoms with van der Waals surface area (Å²) in [6.07, 6.45) is 8.79. The number of rotatable bonds is 4. The smallest absolute Gasteiger partial charge is 0.328 e. The second-order valence-electron chi connectivity index (χ2n) is 6.36. The third-order valence-corrected chi connectivity index (χ3v) is 4.06. The molecule has 1 heterocycles. The lowest BCUT2D eigenvalue weighted by molar-refractivity contribution is -0.134. The number of aliphatic carboxylic acids is 2. The summed E-state index contributed by atoms with van der Waals surface area (Å²) in [7, 11) is 0. The van der Waals surface area contributed by atoms with E-state index in [1.54, 1.807) is 5.57 Å². The number of fused-ring (bicyclic) bond motifs is 1. The minimum absolute atomic E-state index is 0.137. The van der Waals surface area contributed by atoms with E-state index in [1.807, 2.05) is 6.34 Å². The molecule has 1 aliphatic heterocycles. The summed E-state index contributed by atoms with van der Waals surface area (Å²) >= 11 is 0. The lowest BCUT2D eigenvalue weighted by Crippen LogP contribution is -2.40. The number of benzene rings is 1. The summed E-state index contributed by atoms with van der Waals surface area (Å²) in [5.41, 5.74) is 4.57. The molecule has 2 aliphatic rings. The Bertz CT molecular complexity index is 711. The molecule has 0 aromatic heterocycles. The van der Waals surface area contributed by atoms with Crippen LogP contribution in [0.4, 0.5) is 0 Å². The van der Waals surface area contributed by atoms with E-state index in [0.29, 0.717) is 12.2 Å². The van der Waals surface area contributed by atoms with Gasteiger partial charge in [-0.3, -0.25) is 4.99 Å². The molecule has 0 fully saturated rings. The molecular weight excluding hydrogens is 320 g/mol. The summed E-state index contributed by atoms with van der Waals surface area (Å²) in [6.45, 7) is 3.15. The van der Waals surface area contributed by atoms with Crippen LogP contribution in [0.25, 0.3) is 6.08 Å². The Kier molecular flexibility index (Phi) is 6.11. The van der Waals surface area contributed by atoms with Crippen molar-refractivity contribution in [2.45, 2.75) is 31.7 Å². The van der Waals surface area contributed by atoms with Gasteiger partial charge in [0.15, 0.2) is 0 Å². The number of nitrogens with one attached hydrogen (secondary N) is 1. The molecule has 0 bridgehead atoms. The van der Waals surface area contributed by atoms with Gasteiger partial charge in [0.05, 0.1) is 18.4 Å². The molecule has 6 nitrogen and oxygen atoms in total. The highest BCUT2D eigenvalue weighted by molar-refractivity contribution is 5.89. The SMILES string of the molecule is CC1(CC2=Cc3ccccc3CC2)CN=CN1.O=C(O)C=CC(=O)O. The molecule has 1 unspecified atom stereocenters. The largest absolute Gasteiger partial charge is 0.478 e. The molecule has 0 saturated heterocycles. The molecule has 25 heavy (non-hydrogen) atoms. The molecule has 0 saturated carbocycles. The first-order valence-electron chi connectivity index (χ1n) is 8.05.